The maximum absolute atomic E-state index is 12.8. The number of hydrogen-bond acceptors (Lipinski definition) is 3. The Morgan fingerprint density at radius 2 is 1.58 bits per heavy atom. The number of nitrogens with zero attached hydrogens (tertiary/aromatic N) is 2. The van der Waals surface area contributed by atoms with Gasteiger partial charge in [0.05, 0.1) is 0 Å². The van der Waals surface area contributed by atoms with Gasteiger partial charge in [0.15, 0.2) is 0 Å². The molecule has 0 unspecified atom stereocenters. The SMILES string of the molecule is CCCCN1C(=O)c2cccc3c(N(CC)CC)ccc(c23)C1=O. The van der Waals surface area contributed by atoms with Crippen molar-refractivity contribution in [2.75, 3.05) is 24.5 Å². The summed E-state index contributed by atoms with van der Waals surface area (Å²) < 4.78 is 0. The molecule has 1 aliphatic heterocycles. The average Bonchev–Trinajstić information content (AvgIpc) is 2.61. The van der Waals surface area contributed by atoms with Gasteiger partial charge in [-0.05, 0) is 38.5 Å². The van der Waals surface area contributed by atoms with Crippen molar-refractivity contribution in [1.29, 1.82) is 0 Å². The van der Waals surface area contributed by atoms with Crippen LogP contribution < -0.4 is 4.90 Å². The summed E-state index contributed by atoms with van der Waals surface area (Å²) in [6, 6.07) is 9.66. The van der Waals surface area contributed by atoms with Crippen molar-refractivity contribution in [3.8, 4) is 0 Å². The van der Waals surface area contributed by atoms with Crippen LogP contribution in [0.1, 0.15) is 54.3 Å². The fourth-order valence-corrected chi connectivity index (χ4v) is 3.49. The van der Waals surface area contributed by atoms with E-state index in [-0.39, 0.29) is 11.8 Å². The molecule has 0 fully saturated rings. The smallest absolute Gasteiger partial charge is 0.261 e. The van der Waals surface area contributed by atoms with Crippen molar-refractivity contribution < 1.29 is 9.59 Å². The number of anilines is 1. The normalized spacial score (nSPS) is 13.7. The summed E-state index contributed by atoms with van der Waals surface area (Å²) in [5.41, 5.74) is 2.38. The van der Waals surface area contributed by atoms with Gasteiger partial charge in [-0.1, -0.05) is 25.5 Å². The molecule has 1 heterocycles. The van der Waals surface area contributed by atoms with Gasteiger partial charge < -0.3 is 4.90 Å². The fourth-order valence-electron chi connectivity index (χ4n) is 3.49. The Morgan fingerprint density at radius 3 is 2.21 bits per heavy atom. The minimum absolute atomic E-state index is 0.164. The van der Waals surface area contributed by atoms with E-state index in [0.717, 1.165) is 42.4 Å². The lowest BCUT2D eigenvalue weighted by Gasteiger charge is -2.29. The summed E-state index contributed by atoms with van der Waals surface area (Å²) in [4.78, 5) is 29.3. The second-order valence-electron chi connectivity index (χ2n) is 6.15. The summed E-state index contributed by atoms with van der Waals surface area (Å²) in [6.45, 7) is 8.55. The number of benzene rings is 2. The molecule has 0 saturated carbocycles. The lowest BCUT2D eigenvalue weighted by atomic mass is 9.92. The molecule has 0 aliphatic carbocycles. The Bertz CT molecular complexity index is 771. The van der Waals surface area contributed by atoms with E-state index < -0.39 is 0 Å². The van der Waals surface area contributed by atoms with E-state index in [0.29, 0.717) is 17.7 Å². The quantitative estimate of drug-likeness (QED) is 0.752. The van der Waals surface area contributed by atoms with Gasteiger partial charge in [-0.25, -0.2) is 0 Å². The Hall–Kier alpha value is -2.36. The van der Waals surface area contributed by atoms with E-state index in [2.05, 4.69) is 25.7 Å². The highest BCUT2D eigenvalue weighted by Crippen LogP contribution is 2.36. The molecule has 126 valence electrons. The molecule has 1 aliphatic rings. The molecule has 0 N–H and O–H groups in total. The first kappa shape index (κ1) is 16.5. The second-order valence-corrected chi connectivity index (χ2v) is 6.15. The zero-order valence-corrected chi connectivity index (χ0v) is 14.6. The van der Waals surface area contributed by atoms with E-state index >= 15 is 0 Å². The summed E-state index contributed by atoms with van der Waals surface area (Å²) >= 11 is 0. The second kappa shape index (κ2) is 6.63. The van der Waals surface area contributed by atoms with E-state index in [4.69, 9.17) is 0 Å². The number of unbranched alkanes of at least 4 members (excludes halogenated alkanes) is 1. The summed E-state index contributed by atoms with van der Waals surface area (Å²) in [6.07, 6.45) is 1.79. The molecule has 24 heavy (non-hydrogen) atoms. The minimum Gasteiger partial charge on any atom is -0.372 e. The molecular weight excluding hydrogens is 300 g/mol. The van der Waals surface area contributed by atoms with Crippen LogP contribution in [0.25, 0.3) is 10.8 Å². The van der Waals surface area contributed by atoms with Gasteiger partial charge in [0, 0.05) is 47.2 Å². The van der Waals surface area contributed by atoms with E-state index in [9.17, 15) is 9.59 Å². The first-order chi connectivity index (χ1) is 11.6. The number of imide groups is 1. The van der Waals surface area contributed by atoms with Crippen molar-refractivity contribution in [3.63, 3.8) is 0 Å². The molecule has 0 atom stereocenters. The first-order valence-corrected chi connectivity index (χ1v) is 8.80. The van der Waals surface area contributed by atoms with E-state index in [1.165, 1.54) is 4.90 Å². The van der Waals surface area contributed by atoms with Gasteiger partial charge in [0.1, 0.15) is 0 Å². The van der Waals surface area contributed by atoms with E-state index in [1.807, 2.05) is 30.3 Å². The molecule has 0 aromatic heterocycles. The van der Waals surface area contributed by atoms with Crippen LogP contribution in [-0.2, 0) is 0 Å². The van der Waals surface area contributed by atoms with Gasteiger partial charge in [-0.2, -0.15) is 0 Å². The molecular formula is C20H24N2O2. The monoisotopic (exact) mass is 324 g/mol. The molecule has 3 rings (SSSR count). The molecule has 4 nitrogen and oxygen atoms in total. The third-order valence-electron chi connectivity index (χ3n) is 4.81. The van der Waals surface area contributed by atoms with Crippen molar-refractivity contribution in [3.05, 3.63) is 41.5 Å². The van der Waals surface area contributed by atoms with Crippen LogP contribution in [-0.4, -0.2) is 36.3 Å². The van der Waals surface area contributed by atoms with Crippen LogP contribution in [0, 0.1) is 0 Å². The van der Waals surface area contributed by atoms with Crippen LogP contribution >= 0.6 is 0 Å². The number of carbonyl (C=O) groups is 2. The zero-order chi connectivity index (χ0) is 17.3. The number of hydrogen-bond donors (Lipinski definition) is 0. The number of amides is 2. The average molecular weight is 324 g/mol. The van der Waals surface area contributed by atoms with Crippen LogP contribution in [0.5, 0.6) is 0 Å². The summed E-state index contributed by atoms with van der Waals surface area (Å²) in [5, 5.41) is 1.80. The van der Waals surface area contributed by atoms with Crippen molar-refractivity contribution >= 4 is 28.3 Å². The predicted octanol–water partition coefficient (Wildman–Crippen LogP) is 4.08. The topological polar surface area (TPSA) is 40.6 Å². The van der Waals surface area contributed by atoms with Crippen LogP contribution in [0.4, 0.5) is 5.69 Å². The lowest BCUT2D eigenvalue weighted by Crippen LogP contribution is -2.41. The number of rotatable bonds is 6. The first-order valence-electron chi connectivity index (χ1n) is 8.80. The fraction of sp³-hybridized carbons (Fsp3) is 0.400. The van der Waals surface area contributed by atoms with Crippen LogP contribution in [0.2, 0.25) is 0 Å². The molecule has 2 aromatic carbocycles. The molecule has 2 amide bonds. The van der Waals surface area contributed by atoms with Crippen molar-refractivity contribution in [2.45, 2.75) is 33.6 Å². The molecule has 0 radical (unpaired) electrons. The highest BCUT2D eigenvalue weighted by atomic mass is 16.2. The van der Waals surface area contributed by atoms with Gasteiger partial charge in [0.25, 0.3) is 11.8 Å². The highest BCUT2D eigenvalue weighted by molar-refractivity contribution is 6.26. The maximum Gasteiger partial charge on any atom is 0.261 e. The molecule has 0 saturated heterocycles. The lowest BCUT2D eigenvalue weighted by molar-refractivity contribution is 0.0608. The molecule has 4 heteroatoms. The Kier molecular flexibility index (Phi) is 4.56. The Balaban J connectivity index is 2.20. The van der Waals surface area contributed by atoms with Crippen LogP contribution in [0.3, 0.4) is 0 Å². The van der Waals surface area contributed by atoms with Crippen molar-refractivity contribution in [2.24, 2.45) is 0 Å². The Morgan fingerprint density at radius 1 is 0.917 bits per heavy atom. The summed E-state index contributed by atoms with van der Waals surface area (Å²) in [7, 11) is 0. The standard InChI is InChI=1S/C20H24N2O2/c1-4-7-13-22-19(23)15-10-8-9-14-17(21(5-2)6-3)12-11-16(18(14)15)20(22)24/h8-12H,4-7,13H2,1-3H3. The van der Waals surface area contributed by atoms with Crippen molar-refractivity contribution in [1.82, 2.24) is 4.90 Å². The van der Waals surface area contributed by atoms with E-state index in [1.54, 1.807) is 0 Å². The Labute approximate surface area is 143 Å². The van der Waals surface area contributed by atoms with Crippen LogP contribution in [0.15, 0.2) is 30.3 Å². The maximum atomic E-state index is 12.8. The summed E-state index contributed by atoms with van der Waals surface area (Å²) in [5.74, 6) is -0.327. The third-order valence-corrected chi connectivity index (χ3v) is 4.81. The van der Waals surface area contributed by atoms with Gasteiger partial charge >= 0.3 is 0 Å². The van der Waals surface area contributed by atoms with Gasteiger partial charge in [-0.15, -0.1) is 0 Å². The minimum atomic E-state index is -0.164. The largest absolute Gasteiger partial charge is 0.372 e. The molecule has 0 spiro atoms. The van der Waals surface area contributed by atoms with Gasteiger partial charge in [0.2, 0.25) is 0 Å². The highest BCUT2D eigenvalue weighted by Gasteiger charge is 2.33. The number of carbonyl (C=O) groups excluding carboxylic acids is 2. The molecule has 2 aromatic rings. The third kappa shape index (κ3) is 2.46. The predicted molar refractivity (Wildman–Crippen MR) is 97.8 cm³/mol. The van der Waals surface area contributed by atoms with Gasteiger partial charge in [-0.3, -0.25) is 14.5 Å². The molecule has 0 bridgehead atoms. The zero-order valence-electron chi connectivity index (χ0n) is 14.6.